The molecule has 7 heteroatoms. The Morgan fingerprint density at radius 2 is 2.41 bits per heavy atom. The van der Waals surface area contributed by atoms with Gasteiger partial charge in [-0.05, 0) is 6.92 Å². The van der Waals surface area contributed by atoms with Crippen molar-refractivity contribution in [1.82, 2.24) is 9.78 Å². The summed E-state index contributed by atoms with van der Waals surface area (Å²) in [5.74, 6) is -1.16. The molecule has 1 rings (SSSR count). The number of ether oxygens (including phenoxy) is 1. The van der Waals surface area contributed by atoms with Crippen LogP contribution in [-0.4, -0.2) is 33.6 Å². The van der Waals surface area contributed by atoms with Crippen LogP contribution < -0.4 is 5.32 Å². The van der Waals surface area contributed by atoms with Crippen LogP contribution in [0.1, 0.15) is 17.4 Å². The van der Waals surface area contributed by atoms with E-state index in [1.54, 1.807) is 6.92 Å². The molecular weight excluding hydrogens is 226 g/mol. The Kier molecular flexibility index (Phi) is 4.27. The van der Waals surface area contributed by atoms with Gasteiger partial charge in [0.25, 0.3) is 0 Å². The number of hydrogen-bond acceptors (Lipinski definition) is 4. The second-order valence-electron chi connectivity index (χ2n) is 3.04. The predicted molar refractivity (Wildman–Crippen MR) is 60.0 cm³/mol. The second kappa shape index (κ2) is 5.69. The summed E-state index contributed by atoms with van der Waals surface area (Å²) in [5, 5.41) is 15.1. The highest BCUT2D eigenvalue weighted by Crippen LogP contribution is 2.15. The fourth-order valence-corrected chi connectivity index (χ4v) is 1.22. The number of aryl methyl sites for hydroxylation is 1. The molecule has 7 nitrogen and oxygen atoms in total. The Labute approximate surface area is 97.7 Å². The van der Waals surface area contributed by atoms with Crippen molar-refractivity contribution in [2.45, 2.75) is 13.5 Å². The number of carboxylic acid groups (broad SMARTS) is 1. The van der Waals surface area contributed by atoms with Crippen LogP contribution in [0.3, 0.4) is 0 Å². The van der Waals surface area contributed by atoms with Crippen molar-refractivity contribution >= 4 is 17.7 Å². The highest BCUT2D eigenvalue weighted by atomic mass is 16.5. The third-order valence-electron chi connectivity index (χ3n) is 1.91. The molecule has 0 saturated carbocycles. The number of carbonyl (C=O) groups is 2. The summed E-state index contributed by atoms with van der Waals surface area (Å²) in [7, 11) is 0. The van der Waals surface area contributed by atoms with E-state index in [2.05, 4.69) is 21.7 Å². The predicted octanol–water partition coefficient (Wildman–Crippen LogP) is 1.34. The van der Waals surface area contributed by atoms with E-state index in [4.69, 9.17) is 5.11 Å². The quantitative estimate of drug-likeness (QED) is 0.756. The number of nitrogens with zero attached hydrogens (tertiary/aromatic N) is 2. The normalized spacial score (nSPS) is 9.71. The number of carbonyl (C=O) groups excluding carboxylic acids is 1. The summed E-state index contributed by atoms with van der Waals surface area (Å²) in [6, 6.07) is 0. The lowest BCUT2D eigenvalue weighted by molar-refractivity contribution is 0.0684. The van der Waals surface area contributed by atoms with Crippen molar-refractivity contribution in [2.75, 3.05) is 11.9 Å². The monoisotopic (exact) mass is 239 g/mol. The number of amides is 1. The molecule has 1 amide bonds. The first-order chi connectivity index (χ1) is 8.10. The van der Waals surface area contributed by atoms with Crippen molar-refractivity contribution in [3.05, 3.63) is 24.5 Å². The van der Waals surface area contributed by atoms with Gasteiger partial charge in [0.1, 0.15) is 6.61 Å². The van der Waals surface area contributed by atoms with Gasteiger partial charge in [-0.15, -0.1) is 0 Å². The minimum Gasteiger partial charge on any atom is -0.476 e. The minimum atomic E-state index is -1.16. The van der Waals surface area contributed by atoms with Gasteiger partial charge in [-0.2, -0.15) is 5.10 Å². The van der Waals surface area contributed by atoms with Gasteiger partial charge in [0.2, 0.25) is 0 Å². The molecule has 0 spiro atoms. The maximum atomic E-state index is 11.2. The molecule has 0 fully saturated rings. The highest BCUT2D eigenvalue weighted by molar-refractivity contribution is 5.97. The molecule has 0 saturated heterocycles. The molecule has 2 N–H and O–H groups in total. The first kappa shape index (κ1) is 12.8. The van der Waals surface area contributed by atoms with E-state index in [1.807, 2.05) is 0 Å². The van der Waals surface area contributed by atoms with Gasteiger partial charge in [-0.1, -0.05) is 12.7 Å². The molecule has 0 aliphatic rings. The molecule has 0 radical (unpaired) electrons. The van der Waals surface area contributed by atoms with Crippen LogP contribution in [0.25, 0.3) is 0 Å². The number of aromatic carboxylic acids is 1. The Hall–Kier alpha value is -2.31. The smallest absolute Gasteiger partial charge is 0.412 e. The van der Waals surface area contributed by atoms with E-state index < -0.39 is 12.1 Å². The topological polar surface area (TPSA) is 93.5 Å². The van der Waals surface area contributed by atoms with Crippen molar-refractivity contribution in [3.8, 4) is 0 Å². The molecule has 0 aromatic carbocycles. The lowest BCUT2D eigenvalue weighted by Gasteiger charge is -2.05. The zero-order chi connectivity index (χ0) is 12.8. The van der Waals surface area contributed by atoms with Crippen LogP contribution in [0, 0.1) is 0 Å². The standard InChI is InChI=1S/C10H13N3O4/c1-3-5-17-10(16)12-7-6-11-13(4-2)8(7)9(14)15/h3,6H,1,4-5H2,2H3,(H,12,16)(H,14,15). The largest absolute Gasteiger partial charge is 0.476 e. The van der Waals surface area contributed by atoms with Crippen molar-refractivity contribution in [3.63, 3.8) is 0 Å². The summed E-state index contributed by atoms with van der Waals surface area (Å²) in [4.78, 5) is 22.2. The van der Waals surface area contributed by atoms with Crippen molar-refractivity contribution in [2.24, 2.45) is 0 Å². The third-order valence-corrected chi connectivity index (χ3v) is 1.91. The highest BCUT2D eigenvalue weighted by Gasteiger charge is 2.18. The Bertz CT molecular complexity index is 439. The van der Waals surface area contributed by atoms with Crippen LogP contribution in [0.4, 0.5) is 10.5 Å². The maximum absolute atomic E-state index is 11.2. The summed E-state index contributed by atoms with van der Waals surface area (Å²) in [6.45, 7) is 5.58. The van der Waals surface area contributed by atoms with Crippen LogP contribution in [0.5, 0.6) is 0 Å². The molecule has 0 bridgehead atoms. The summed E-state index contributed by atoms with van der Waals surface area (Å²) in [6.07, 6.45) is 1.93. The van der Waals surface area contributed by atoms with E-state index in [0.29, 0.717) is 6.54 Å². The zero-order valence-electron chi connectivity index (χ0n) is 9.34. The summed E-state index contributed by atoms with van der Waals surface area (Å²) < 4.78 is 5.94. The van der Waals surface area contributed by atoms with Gasteiger partial charge in [0, 0.05) is 6.54 Å². The number of aromatic nitrogens is 2. The molecule has 1 aromatic heterocycles. The molecule has 92 valence electrons. The fraction of sp³-hybridized carbons (Fsp3) is 0.300. The fourth-order valence-electron chi connectivity index (χ4n) is 1.22. The van der Waals surface area contributed by atoms with E-state index in [9.17, 15) is 9.59 Å². The van der Waals surface area contributed by atoms with E-state index in [-0.39, 0.29) is 18.0 Å². The first-order valence-corrected chi connectivity index (χ1v) is 4.93. The second-order valence-corrected chi connectivity index (χ2v) is 3.04. The number of anilines is 1. The zero-order valence-corrected chi connectivity index (χ0v) is 9.34. The molecule has 0 aliphatic carbocycles. The average molecular weight is 239 g/mol. The molecule has 1 heterocycles. The SMILES string of the molecule is C=CCOC(=O)Nc1cnn(CC)c1C(=O)O. The summed E-state index contributed by atoms with van der Waals surface area (Å²) in [5.41, 5.74) is 0.0245. The van der Waals surface area contributed by atoms with Crippen LogP contribution in [0.15, 0.2) is 18.9 Å². The number of hydrogen-bond donors (Lipinski definition) is 2. The number of nitrogens with one attached hydrogen (secondary N) is 1. The average Bonchev–Trinajstić information content (AvgIpc) is 2.69. The van der Waals surface area contributed by atoms with Crippen LogP contribution in [-0.2, 0) is 11.3 Å². The van der Waals surface area contributed by atoms with E-state index in [1.165, 1.54) is 17.0 Å². The maximum Gasteiger partial charge on any atom is 0.412 e. The minimum absolute atomic E-state index is 0.0517. The molecule has 0 atom stereocenters. The van der Waals surface area contributed by atoms with E-state index >= 15 is 0 Å². The van der Waals surface area contributed by atoms with Gasteiger partial charge >= 0.3 is 12.1 Å². The van der Waals surface area contributed by atoms with Crippen LogP contribution in [0.2, 0.25) is 0 Å². The van der Waals surface area contributed by atoms with E-state index in [0.717, 1.165) is 0 Å². The number of carboxylic acids is 1. The Balaban J connectivity index is 2.84. The van der Waals surface area contributed by atoms with Gasteiger partial charge in [-0.25, -0.2) is 9.59 Å². The Morgan fingerprint density at radius 3 is 2.94 bits per heavy atom. The van der Waals surface area contributed by atoms with Gasteiger partial charge < -0.3 is 9.84 Å². The lowest BCUT2D eigenvalue weighted by Crippen LogP contribution is -2.17. The Morgan fingerprint density at radius 1 is 1.71 bits per heavy atom. The lowest BCUT2D eigenvalue weighted by atomic mass is 10.3. The molecular formula is C10H13N3O4. The molecule has 17 heavy (non-hydrogen) atoms. The molecule has 0 aliphatic heterocycles. The van der Waals surface area contributed by atoms with Crippen molar-refractivity contribution < 1.29 is 19.4 Å². The summed E-state index contributed by atoms with van der Waals surface area (Å²) >= 11 is 0. The van der Waals surface area contributed by atoms with Gasteiger partial charge in [-0.3, -0.25) is 10.00 Å². The van der Waals surface area contributed by atoms with Crippen LogP contribution >= 0.6 is 0 Å². The van der Waals surface area contributed by atoms with Gasteiger partial charge in [0.05, 0.1) is 11.9 Å². The third kappa shape index (κ3) is 3.07. The number of rotatable bonds is 5. The first-order valence-electron chi connectivity index (χ1n) is 4.93. The molecule has 1 aromatic rings. The van der Waals surface area contributed by atoms with Gasteiger partial charge in [0.15, 0.2) is 5.69 Å². The van der Waals surface area contributed by atoms with Crippen molar-refractivity contribution in [1.29, 1.82) is 0 Å². The molecule has 0 unspecified atom stereocenters.